The number of nitrogens with zero attached hydrogens (tertiary/aromatic N) is 1. The van der Waals surface area contributed by atoms with E-state index < -0.39 is 23.8 Å². The SMILES string of the molecule is COC(=O)c1c(C)[nH]c(C(=O)C(C)OC(=O)c2cc(C(C)=O)cn2C)c1C. The fourth-order valence-electron chi connectivity index (χ4n) is 2.84. The highest BCUT2D eigenvalue weighted by Gasteiger charge is 2.28. The Labute approximate surface area is 156 Å². The van der Waals surface area contributed by atoms with Crippen molar-refractivity contribution in [2.24, 2.45) is 7.05 Å². The standard InChI is InChI=1S/C19H22N2O6/c1-9-15(19(25)26-6)10(2)20-16(9)17(23)12(4)27-18(24)14-7-13(11(3)22)8-21(14)5/h7-8,12,20H,1-6H3. The van der Waals surface area contributed by atoms with E-state index in [4.69, 9.17) is 9.47 Å². The number of nitrogens with one attached hydrogen (secondary N) is 1. The smallest absolute Gasteiger partial charge is 0.355 e. The van der Waals surface area contributed by atoms with Gasteiger partial charge in [0.25, 0.3) is 0 Å². The first-order chi connectivity index (χ1) is 12.6. The Balaban J connectivity index is 2.22. The molecule has 1 N–H and O–H groups in total. The largest absolute Gasteiger partial charge is 0.465 e. The Kier molecular flexibility index (Phi) is 5.68. The summed E-state index contributed by atoms with van der Waals surface area (Å²) in [6.07, 6.45) is 0.433. The molecular weight excluding hydrogens is 352 g/mol. The molecule has 0 saturated carbocycles. The first kappa shape index (κ1) is 20.2. The number of ketones is 2. The van der Waals surface area contributed by atoms with Crippen LogP contribution in [0.5, 0.6) is 0 Å². The van der Waals surface area contributed by atoms with Crippen LogP contribution in [-0.4, -0.2) is 46.3 Å². The number of aromatic amines is 1. The van der Waals surface area contributed by atoms with E-state index in [0.717, 1.165) is 0 Å². The lowest BCUT2D eigenvalue weighted by Crippen LogP contribution is -2.26. The summed E-state index contributed by atoms with van der Waals surface area (Å²) in [6, 6.07) is 1.42. The van der Waals surface area contributed by atoms with E-state index >= 15 is 0 Å². The summed E-state index contributed by atoms with van der Waals surface area (Å²) in [5, 5.41) is 0. The zero-order valence-electron chi connectivity index (χ0n) is 16.1. The molecule has 0 aliphatic rings. The van der Waals surface area contributed by atoms with Gasteiger partial charge in [-0.15, -0.1) is 0 Å². The Hall–Kier alpha value is -3.16. The summed E-state index contributed by atoms with van der Waals surface area (Å²) in [4.78, 5) is 51.2. The number of hydrogen-bond acceptors (Lipinski definition) is 6. The maximum Gasteiger partial charge on any atom is 0.355 e. The molecule has 0 aliphatic heterocycles. The van der Waals surface area contributed by atoms with Crippen LogP contribution in [0.25, 0.3) is 0 Å². The predicted molar refractivity (Wildman–Crippen MR) is 96.2 cm³/mol. The van der Waals surface area contributed by atoms with Crippen LogP contribution in [0, 0.1) is 13.8 Å². The molecule has 0 spiro atoms. The Morgan fingerprint density at radius 3 is 2.30 bits per heavy atom. The number of Topliss-reactive ketones (excluding diaryl/α,β-unsaturated/α-hetero) is 2. The molecule has 0 amide bonds. The summed E-state index contributed by atoms with van der Waals surface area (Å²) in [7, 11) is 2.87. The van der Waals surface area contributed by atoms with E-state index in [-0.39, 0.29) is 22.7 Å². The highest BCUT2D eigenvalue weighted by molar-refractivity contribution is 6.04. The van der Waals surface area contributed by atoms with Crippen LogP contribution >= 0.6 is 0 Å². The Morgan fingerprint density at radius 1 is 1.15 bits per heavy atom. The Bertz CT molecular complexity index is 934. The molecule has 2 rings (SSSR count). The molecule has 2 aromatic rings. The van der Waals surface area contributed by atoms with Crippen LogP contribution in [-0.2, 0) is 16.5 Å². The van der Waals surface area contributed by atoms with Crippen LogP contribution in [0.4, 0.5) is 0 Å². The molecule has 8 nitrogen and oxygen atoms in total. The van der Waals surface area contributed by atoms with Crippen molar-refractivity contribution in [1.29, 1.82) is 0 Å². The second kappa shape index (κ2) is 7.61. The molecule has 0 radical (unpaired) electrons. The Morgan fingerprint density at radius 2 is 1.78 bits per heavy atom. The average molecular weight is 374 g/mol. The molecule has 8 heteroatoms. The van der Waals surface area contributed by atoms with Crippen LogP contribution in [0.15, 0.2) is 12.3 Å². The molecule has 0 fully saturated rings. The molecule has 1 atom stereocenters. The monoisotopic (exact) mass is 374 g/mol. The van der Waals surface area contributed by atoms with Crippen molar-refractivity contribution in [3.63, 3.8) is 0 Å². The molecule has 0 aromatic carbocycles. The molecule has 1 unspecified atom stereocenters. The first-order valence-corrected chi connectivity index (χ1v) is 8.28. The second-order valence-corrected chi connectivity index (χ2v) is 6.31. The van der Waals surface area contributed by atoms with Crippen LogP contribution in [0.1, 0.15) is 66.8 Å². The minimum absolute atomic E-state index is 0.162. The van der Waals surface area contributed by atoms with Crippen molar-refractivity contribution in [3.8, 4) is 0 Å². The number of carbonyl (C=O) groups is 4. The number of aromatic nitrogens is 2. The van der Waals surface area contributed by atoms with Crippen molar-refractivity contribution in [1.82, 2.24) is 9.55 Å². The van der Waals surface area contributed by atoms with E-state index in [0.29, 0.717) is 16.8 Å². The van der Waals surface area contributed by atoms with Gasteiger partial charge in [-0.2, -0.15) is 0 Å². The third-order valence-electron chi connectivity index (χ3n) is 4.35. The third-order valence-corrected chi connectivity index (χ3v) is 4.35. The number of H-pyrrole nitrogens is 1. The second-order valence-electron chi connectivity index (χ2n) is 6.31. The third kappa shape index (κ3) is 3.84. The van der Waals surface area contributed by atoms with Gasteiger partial charge in [0, 0.05) is 24.5 Å². The van der Waals surface area contributed by atoms with Crippen molar-refractivity contribution < 1.29 is 28.7 Å². The first-order valence-electron chi connectivity index (χ1n) is 8.28. The molecule has 2 heterocycles. The van der Waals surface area contributed by atoms with Gasteiger partial charge in [-0.25, -0.2) is 9.59 Å². The topological polar surface area (TPSA) is 107 Å². The predicted octanol–water partition coefficient (Wildman–Crippen LogP) is 2.39. The molecule has 2 aromatic heterocycles. The highest BCUT2D eigenvalue weighted by Crippen LogP contribution is 2.21. The molecule has 27 heavy (non-hydrogen) atoms. The van der Waals surface area contributed by atoms with E-state index in [1.807, 2.05) is 0 Å². The fraction of sp³-hybridized carbons (Fsp3) is 0.368. The van der Waals surface area contributed by atoms with Gasteiger partial charge in [0.15, 0.2) is 11.9 Å². The van der Waals surface area contributed by atoms with E-state index in [2.05, 4.69) is 4.98 Å². The van der Waals surface area contributed by atoms with Crippen LogP contribution in [0.3, 0.4) is 0 Å². The van der Waals surface area contributed by atoms with Crippen molar-refractivity contribution in [3.05, 3.63) is 46.0 Å². The number of hydrogen-bond donors (Lipinski definition) is 1. The summed E-state index contributed by atoms with van der Waals surface area (Å²) in [6.45, 7) is 6.11. The van der Waals surface area contributed by atoms with E-state index in [1.54, 1.807) is 20.9 Å². The number of methoxy groups -OCH3 is 1. The lowest BCUT2D eigenvalue weighted by Gasteiger charge is -2.12. The molecule has 144 valence electrons. The lowest BCUT2D eigenvalue weighted by molar-refractivity contribution is 0.0307. The summed E-state index contributed by atoms with van der Waals surface area (Å²) >= 11 is 0. The number of aryl methyl sites for hydroxylation is 2. The minimum Gasteiger partial charge on any atom is -0.465 e. The summed E-state index contributed by atoms with van der Waals surface area (Å²) in [5.41, 5.74) is 1.94. The fourth-order valence-corrected chi connectivity index (χ4v) is 2.84. The number of carbonyl (C=O) groups excluding carboxylic acids is 4. The molecular formula is C19H22N2O6. The lowest BCUT2D eigenvalue weighted by atomic mass is 10.1. The van der Waals surface area contributed by atoms with Gasteiger partial charge in [-0.05, 0) is 39.3 Å². The maximum absolute atomic E-state index is 12.7. The summed E-state index contributed by atoms with van der Waals surface area (Å²) < 4.78 is 11.5. The quantitative estimate of drug-likeness (QED) is 0.614. The molecule has 0 bridgehead atoms. The van der Waals surface area contributed by atoms with Crippen molar-refractivity contribution in [2.75, 3.05) is 7.11 Å². The number of ether oxygens (including phenoxy) is 2. The van der Waals surface area contributed by atoms with Crippen molar-refractivity contribution >= 4 is 23.5 Å². The van der Waals surface area contributed by atoms with Gasteiger partial charge >= 0.3 is 11.9 Å². The average Bonchev–Trinajstić information content (AvgIpc) is 3.13. The maximum atomic E-state index is 12.7. The molecule has 0 saturated heterocycles. The minimum atomic E-state index is -1.09. The van der Waals surface area contributed by atoms with Gasteiger partial charge in [0.1, 0.15) is 5.69 Å². The van der Waals surface area contributed by atoms with Crippen LogP contribution in [0.2, 0.25) is 0 Å². The molecule has 0 aliphatic carbocycles. The number of esters is 2. The van der Waals surface area contributed by atoms with Gasteiger partial charge in [-0.3, -0.25) is 9.59 Å². The van der Waals surface area contributed by atoms with E-state index in [1.165, 1.54) is 37.8 Å². The van der Waals surface area contributed by atoms with Gasteiger partial charge < -0.3 is 19.0 Å². The number of rotatable bonds is 6. The summed E-state index contributed by atoms with van der Waals surface area (Å²) in [5.74, 6) is -1.92. The van der Waals surface area contributed by atoms with Crippen LogP contribution < -0.4 is 0 Å². The zero-order valence-corrected chi connectivity index (χ0v) is 16.1. The highest BCUT2D eigenvalue weighted by atomic mass is 16.5. The van der Waals surface area contributed by atoms with Gasteiger partial charge in [0.2, 0.25) is 5.78 Å². The van der Waals surface area contributed by atoms with Crippen molar-refractivity contribution in [2.45, 2.75) is 33.8 Å². The van der Waals surface area contributed by atoms with Gasteiger partial charge in [-0.1, -0.05) is 0 Å². The normalized spacial score (nSPS) is 11.8. The zero-order chi connectivity index (χ0) is 20.5. The van der Waals surface area contributed by atoms with Gasteiger partial charge in [0.05, 0.1) is 18.4 Å². The van der Waals surface area contributed by atoms with E-state index in [9.17, 15) is 19.2 Å².